The Morgan fingerprint density at radius 2 is 1.88 bits per heavy atom. The molecule has 7 atom stereocenters. The molecule has 0 radical (unpaired) electrons. The summed E-state index contributed by atoms with van der Waals surface area (Å²) in [4.78, 5) is 11.5. The summed E-state index contributed by atoms with van der Waals surface area (Å²) < 4.78 is 5.82. The zero-order chi connectivity index (χ0) is 11.2. The van der Waals surface area contributed by atoms with Gasteiger partial charge in [0.25, 0.3) is 0 Å². The Kier molecular flexibility index (Phi) is 1.51. The van der Waals surface area contributed by atoms with Gasteiger partial charge in [-0.2, -0.15) is 0 Å². The number of carbonyl (C=O) groups excluding carboxylic acids is 1. The quantitative estimate of drug-likeness (QED) is 0.474. The summed E-state index contributed by atoms with van der Waals surface area (Å²) in [6.45, 7) is 0. The smallest absolute Gasteiger partial charge is 0.306 e. The van der Waals surface area contributed by atoms with Crippen molar-refractivity contribution in [2.45, 2.75) is 50.5 Å². The summed E-state index contributed by atoms with van der Waals surface area (Å²) >= 11 is 0. The SMILES string of the molecule is O=C1CCC2(CC3CC2C2C4CCC(C4)C32)O1. The Hall–Kier alpha value is -0.530. The number of fused-ring (bicyclic) bond motifs is 10. The average Bonchev–Trinajstić information content (AvgIpc) is 3.04. The highest BCUT2D eigenvalue weighted by Crippen LogP contribution is 2.71. The zero-order valence-corrected chi connectivity index (χ0v) is 10.2. The van der Waals surface area contributed by atoms with E-state index >= 15 is 0 Å². The lowest BCUT2D eigenvalue weighted by Gasteiger charge is -2.43. The fraction of sp³-hybridized carbons (Fsp3) is 0.933. The van der Waals surface area contributed by atoms with E-state index in [9.17, 15) is 4.79 Å². The Balaban J connectivity index is 1.54. The van der Waals surface area contributed by atoms with Crippen molar-refractivity contribution in [1.29, 1.82) is 0 Å². The second-order valence-corrected chi connectivity index (χ2v) is 7.33. The highest BCUT2D eigenvalue weighted by atomic mass is 16.6. The molecule has 5 aliphatic rings. The van der Waals surface area contributed by atoms with Crippen LogP contribution in [0.25, 0.3) is 0 Å². The Morgan fingerprint density at radius 1 is 1.06 bits per heavy atom. The molecule has 5 fully saturated rings. The topological polar surface area (TPSA) is 26.3 Å². The molecule has 0 aromatic carbocycles. The van der Waals surface area contributed by atoms with Gasteiger partial charge in [0.05, 0.1) is 0 Å². The first-order valence-electron chi connectivity index (χ1n) is 7.49. The number of esters is 1. The third kappa shape index (κ3) is 0.946. The van der Waals surface area contributed by atoms with Gasteiger partial charge in [0.15, 0.2) is 0 Å². The lowest BCUT2D eigenvalue weighted by Crippen LogP contribution is -2.44. The van der Waals surface area contributed by atoms with E-state index in [-0.39, 0.29) is 11.6 Å². The molecular formula is C15H20O2. The van der Waals surface area contributed by atoms with Gasteiger partial charge in [-0.3, -0.25) is 4.79 Å². The lowest BCUT2D eigenvalue weighted by atomic mass is 9.65. The molecule has 4 bridgehead atoms. The van der Waals surface area contributed by atoms with Crippen molar-refractivity contribution in [3.05, 3.63) is 0 Å². The first-order chi connectivity index (χ1) is 8.27. The summed E-state index contributed by atoms with van der Waals surface area (Å²) in [5.74, 6) is 5.76. The minimum Gasteiger partial charge on any atom is -0.459 e. The summed E-state index contributed by atoms with van der Waals surface area (Å²) in [6.07, 6.45) is 8.80. The Bertz CT molecular complexity index is 404. The van der Waals surface area contributed by atoms with Crippen LogP contribution in [0.2, 0.25) is 0 Å². The van der Waals surface area contributed by atoms with Gasteiger partial charge in [0.1, 0.15) is 5.60 Å². The molecule has 2 heteroatoms. The zero-order valence-electron chi connectivity index (χ0n) is 10.2. The molecule has 1 saturated heterocycles. The monoisotopic (exact) mass is 232 g/mol. The van der Waals surface area contributed by atoms with E-state index in [0.717, 1.165) is 41.9 Å². The van der Waals surface area contributed by atoms with Crippen LogP contribution in [0.3, 0.4) is 0 Å². The number of hydrogen-bond donors (Lipinski definition) is 0. The maximum absolute atomic E-state index is 11.5. The third-order valence-corrected chi connectivity index (χ3v) is 6.97. The minimum absolute atomic E-state index is 0.0212. The van der Waals surface area contributed by atoms with Gasteiger partial charge >= 0.3 is 5.97 Å². The van der Waals surface area contributed by atoms with E-state index < -0.39 is 0 Å². The molecule has 2 nitrogen and oxygen atoms in total. The third-order valence-electron chi connectivity index (χ3n) is 6.97. The fourth-order valence-electron chi connectivity index (χ4n) is 6.74. The predicted octanol–water partition coefficient (Wildman–Crippen LogP) is 2.76. The number of ether oxygens (including phenoxy) is 1. The summed E-state index contributed by atoms with van der Waals surface area (Å²) in [5, 5.41) is 0. The highest BCUT2D eigenvalue weighted by molar-refractivity contribution is 5.72. The molecule has 1 aliphatic heterocycles. The second kappa shape index (κ2) is 2.73. The summed E-state index contributed by atoms with van der Waals surface area (Å²) in [7, 11) is 0. The normalized spacial score (nSPS) is 62.5. The highest BCUT2D eigenvalue weighted by Gasteiger charge is 2.69. The van der Waals surface area contributed by atoms with Gasteiger partial charge in [0, 0.05) is 12.3 Å². The van der Waals surface area contributed by atoms with Crippen molar-refractivity contribution in [1.82, 2.24) is 0 Å². The molecule has 1 heterocycles. The molecule has 4 aliphatic carbocycles. The fourth-order valence-corrected chi connectivity index (χ4v) is 6.74. The largest absolute Gasteiger partial charge is 0.459 e. The summed E-state index contributed by atoms with van der Waals surface area (Å²) in [5.41, 5.74) is 0.0212. The first kappa shape index (κ1) is 9.41. The first-order valence-corrected chi connectivity index (χ1v) is 7.49. The standard InChI is InChI=1S/C15H20O2/c16-12-3-4-15(17-12)7-10-6-11(15)14-9-2-1-8(5-9)13(10)14/h8-11,13-14H,1-7H2. The van der Waals surface area contributed by atoms with Crippen LogP contribution in [0.15, 0.2) is 0 Å². The maximum atomic E-state index is 11.5. The van der Waals surface area contributed by atoms with E-state index in [1.54, 1.807) is 0 Å². The van der Waals surface area contributed by atoms with Crippen LogP contribution in [0.5, 0.6) is 0 Å². The van der Waals surface area contributed by atoms with Crippen LogP contribution >= 0.6 is 0 Å². The van der Waals surface area contributed by atoms with Crippen LogP contribution < -0.4 is 0 Å². The van der Waals surface area contributed by atoms with Gasteiger partial charge in [-0.15, -0.1) is 0 Å². The van der Waals surface area contributed by atoms with Gasteiger partial charge in [-0.05, 0) is 68.1 Å². The maximum Gasteiger partial charge on any atom is 0.306 e. The molecule has 0 N–H and O–H groups in total. The predicted molar refractivity (Wildman–Crippen MR) is 62.1 cm³/mol. The molecular weight excluding hydrogens is 212 g/mol. The Labute approximate surface area is 102 Å². The van der Waals surface area contributed by atoms with Gasteiger partial charge in [-0.1, -0.05) is 0 Å². The van der Waals surface area contributed by atoms with Crippen molar-refractivity contribution >= 4 is 5.97 Å². The van der Waals surface area contributed by atoms with Crippen LogP contribution in [0.4, 0.5) is 0 Å². The van der Waals surface area contributed by atoms with Crippen LogP contribution in [0.1, 0.15) is 44.9 Å². The molecule has 0 aromatic heterocycles. The van der Waals surface area contributed by atoms with Crippen LogP contribution in [0, 0.1) is 35.5 Å². The van der Waals surface area contributed by atoms with Crippen molar-refractivity contribution in [2.24, 2.45) is 35.5 Å². The molecule has 92 valence electrons. The van der Waals surface area contributed by atoms with Gasteiger partial charge < -0.3 is 4.74 Å². The lowest BCUT2D eigenvalue weighted by molar-refractivity contribution is -0.156. The van der Waals surface area contributed by atoms with Crippen molar-refractivity contribution < 1.29 is 9.53 Å². The average molecular weight is 232 g/mol. The van der Waals surface area contributed by atoms with Crippen molar-refractivity contribution in [3.63, 3.8) is 0 Å². The van der Waals surface area contributed by atoms with Crippen molar-refractivity contribution in [3.8, 4) is 0 Å². The number of carbonyl (C=O) groups is 1. The van der Waals surface area contributed by atoms with Crippen LogP contribution in [-0.2, 0) is 9.53 Å². The van der Waals surface area contributed by atoms with Crippen molar-refractivity contribution in [2.75, 3.05) is 0 Å². The van der Waals surface area contributed by atoms with Gasteiger partial charge in [0.2, 0.25) is 0 Å². The molecule has 7 unspecified atom stereocenters. The number of hydrogen-bond acceptors (Lipinski definition) is 2. The second-order valence-electron chi connectivity index (χ2n) is 7.33. The Morgan fingerprint density at radius 3 is 2.65 bits per heavy atom. The van der Waals surface area contributed by atoms with E-state index in [0.29, 0.717) is 6.42 Å². The van der Waals surface area contributed by atoms with E-state index in [2.05, 4.69) is 0 Å². The molecule has 0 aromatic rings. The van der Waals surface area contributed by atoms with Gasteiger partial charge in [-0.25, -0.2) is 0 Å². The summed E-state index contributed by atoms with van der Waals surface area (Å²) in [6, 6.07) is 0. The minimum atomic E-state index is 0.0212. The van der Waals surface area contributed by atoms with Crippen LogP contribution in [-0.4, -0.2) is 11.6 Å². The molecule has 4 saturated carbocycles. The molecule has 0 amide bonds. The van der Waals surface area contributed by atoms with E-state index in [1.807, 2.05) is 0 Å². The van der Waals surface area contributed by atoms with E-state index in [4.69, 9.17) is 4.74 Å². The molecule has 17 heavy (non-hydrogen) atoms. The number of rotatable bonds is 0. The van der Waals surface area contributed by atoms with E-state index in [1.165, 1.54) is 32.1 Å². The molecule has 5 rings (SSSR count). The molecule has 1 spiro atoms.